The summed E-state index contributed by atoms with van der Waals surface area (Å²) in [7, 11) is 0. The molecule has 6 rings (SSSR count). The number of carbonyl (C=O) groups excluding carboxylic acids is 2. The number of halogens is 2. The van der Waals surface area contributed by atoms with E-state index in [-0.39, 0.29) is 29.5 Å². The van der Waals surface area contributed by atoms with Gasteiger partial charge in [0.1, 0.15) is 18.2 Å². The lowest BCUT2D eigenvalue weighted by molar-refractivity contribution is -0.122. The van der Waals surface area contributed by atoms with E-state index in [0.29, 0.717) is 87.6 Å². The molecule has 1 saturated heterocycles. The van der Waals surface area contributed by atoms with Crippen LogP contribution in [0.3, 0.4) is 0 Å². The first kappa shape index (κ1) is 24.2. The molecule has 0 unspecified atom stereocenters. The second-order valence-corrected chi connectivity index (χ2v) is 10.5. The highest BCUT2D eigenvalue weighted by molar-refractivity contribution is 6.06. The predicted molar refractivity (Wildman–Crippen MR) is 132 cm³/mol. The number of amides is 2. The minimum Gasteiger partial charge on any atom is -0.491 e. The molecule has 37 heavy (non-hydrogen) atoms. The molecule has 8 nitrogen and oxygen atoms in total. The fourth-order valence-electron chi connectivity index (χ4n) is 6.10. The van der Waals surface area contributed by atoms with Gasteiger partial charge in [-0.1, -0.05) is 6.07 Å². The lowest BCUT2D eigenvalue weighted by Gasteiger charge is -2.42. The molecule has 1 aromatic heterocycles. The van der Waals surface area contributed by atoms with Gasteiger partial charge >= 0.3 is 0 Å². The van der Waals surface area contributed by atoms with Crippen molar-refractivity contribution in [2.75, 3.05) is 36.5 Å². The Hall–Kier alpha value is -3.11. The number of ether oxygens (including phenoxy) is 1. The zero-order chi connectivity index (χ0) is 25.7. The summed E-state index contributed by atoms with van der Waals surface area (Å²) in [4.78, 5) is 33.8. The summed E-state index contributed by atoms with van der Waals surface area (Å²) in [6.07, 6.45) is 2.09. The van der Waals surface area contributed by atoms with Crippen molar-refractivity contribution >= 4 is 23.3 Å². The van der Waals surface area contributed by atoms with E-state index in [1.807, 2.05) is 6.07 Å². The maximum atomic E-state index is 13.3. The number of nitrogens with one attached hydrogen (secondary N) is 1. The Bertz CT molecular complexity index is 1220. The Balaban J connectivity index is 1.05. The number of likely N-dealkylation sites (tertiary alicyclic amines) is 1. The van der Waals surface area contributed by atoms with Gasteiger partial charge in [0, 0.05) is 30.3 Å². The van der Waals surface area contributed by atoms with Crippen molar-refractivity contribution in [2.45, 2.75) is 62.5 Å². The Morgan fingerprint density at radius 2 is 1.95 bits per heavy atom. The van der Waals surface area contributed by atoms with E-state index < -0.39 is 11.8 Å². The van der Waals surface area contributed by atoms with Crippen LogP contribution in [0, 0.1) is 0 Å². The molecule has 2 fully saturated rings. The van der Waals surface area contributed by atoms with Crippen molar-refractivity contribution in [2.24, 2.45) is 0 Å². The third kappa shape index (κ3) is 4.25. The fourth-order valence-corrected chi connectivity index (χ4v) is 6.10. The number of hydrogen-bond acceptors (Lipinski definition) is 6. The quantitative estimate of drug-likeness (QED) is 0.618. The van der Waals surface area contributed by atoms with E-state index in [1.54, 1.807) is 17.2 Å². The lowest BCUT2D eigenvalue weighted by Crippen LogP contribution is -2.52. The van der Waals surface area contributed by atoms with Crippen molar-refractivity contribution < 1.29 is 28.2 Å². The standard InChI is InChI=1S/C27H30F2N4O4/c28-24(29)16-1-3-22-21(12-16)27(26(36)31-22)5-7-32(8-6-27)9-10-37-20-11-17-2-4-23(35)33(25(17)30-15-20)18-13-19(34)14-18/h1,3,11-12,15,18-19,24,34H,2,4-10,13-14H2,(H,31,36). The van der Waals surface area contributed by atoms with E-state index >= 15 is 0 Å². The Kier molecular flexibility index (Phi) is 6.11. The number of alkyl halides is 2. The van der Waals surface area contributed by atoms with E-state index in [4.69, 9.17) is 4.74 Å². The summed E-state index contributed by atoms with van der Waals surface area (Å²) in [5, 5.41) is 12.5. The topological polar surface area (TPSA) is 95.0 Å². The smallest absolute Gasteiger partial charge is 0.263 e. The minimum absolute atomic E-state index is 0.0130. The molecule has 4 heterocycles. The van der Waals surface area contributed by atoms with Crippen molar-refractivity contribution in [3.63, 3.8) is 0 Å². The molecule has 0 bridgehead atoms. The summed E-state index contributed by atoms with van der Waals surface area (Å²) < 4.78 is 32.5. The van der Waals surface area contributed by atoms with Crippen LogP contribution in [0.15, 0.2) is 30.5 Å². The van der Waals surface area contributed by atoms with Crippen LogP contribution in [-0.4, -0.2) is 65.2 Å². The Labute approximate surface area is 213 Å². The number of piperidine rings is 1. The highest BCUT2D eigenvalue weighted by Crippen LogP contribution is 2.46. The number of hydrogen-bond donors (Lipinski definition) is 2. The number of benzene rings is 1. The highest BCUT2D eigenvalue weighted by atomic mass is 19.3. The van der Waals surface area contributed by atoms with Crippen molar-refractivity contribution in [3.8, 4) is 5.75 Å². The molecule has 0 atom stereocenters. The van der Waals surface area contributed by atoms with Crippen LogP contribution in [0.2, 0.25) is 0 Å². The number of pyridine rings is 1. The van der Waals surface area contributed by atoms with E-state index in [1.165, 1.54) is 12.1 Å². The average Bonchev–Trinajstić information content (AvgIpc) is 3.14. The Morgan fingerprint density at radius 3 is 2.68 bits per heavy atom. The summed E-state index contributed by atoms with van der Waals surface area (Å²) in [5.74, 6) is 1.28. The van der Waals surface area contributed by atoms with Crippen molar-refractivity contribution in [1.29, 1.82) is 0 Å². The summed E-state index contributed by atoms with van der Waals surface area (Å²) in [6.45, 7) is 2.45. The number of aryl methyl sites for hydroxylation is 1. The maximum Gasteiger partial charge on any atom is 0.263 e. The molecule has 2 amide bonds. The first-order valence-corrected chi connectivity index (χ1v) is 12.9. The number of aromatic nitrogens is 1. The monoisotopic (exact) mass is 512 g/mol. The molecule has 196 valence electrons. The van der Waals surface area contributed by atoms with Gasteiger partial charge in [-0.2, -0.15) is 0 Å². The average molecular weight is 513 g/mol. The maximum absolute atomic E-state index is 13.3. The summed E-state index contributed by atoms with van der Waals surface area (Å²) >= 11 is 0. The number of nitrogens with zero attached hydrogens (tertiary/aromatic N) is 3. The van der Waals surface area contributed by atoms with Crippen LogP contribution in [0.5, 0.6) is 5.75 Å². The van der Waals surface area contributed by atoms with Gasteiger partial charge in [0.05, 0.1) is 17.7 Å². The van der Waals surface area contributed by atoms with E-state index in [2.05, 4.69) is 15.2 Å². The molecule has 10 heteroatoms. The molecular formula is C27H30F2N4O4. The molecule has 0 radical (unpaired) electrons. The number of carbonyl (C=O) groups is 2. The first-order valence-electron chi connectivity index (χ1n) is 12.9. The molecule has 1 saturated carbocycles. The fraction of sp³-hybridized carbons (Fsp3) is 0.519. The lowest BCUT2D eigenvalue weighted by atomic mass is 9.73. The van der Waals surface area contributed by atoms with Gasteiger partial charge in [-0.25, -0.2) is 13.8 Å². The van der Waals surface area contributed by atoms with Gasteiger partial charge in [0.15, 0.2) is 0 Å². The second kappa shape index (κ2) is 9.33. The second-order valence-electron chi connectivity index (χ2n) is 10.5. The summed E-state index contributed by atoms with van der Waals surface area (Å²) in [6, 6.07) is 6.40. The molecule has 1 spiro atoms. The minimum atomic E-state index is -2.57. The molecule has 1 aromatic carbocycles. The molecular weight excluding hydrogens is 482 g/mol. The van der Waals surface area contributed by atoms with Gasteiger partial charge in [-0.05, 0) is 74.5 Å². The van der Waals surface area contributed by atoms with Gasteiger partial charge in [0.2, 0.25) is 11.8 Å². The zero-order valence-electron chi connectivity index (χ0n) is 20.5. The first-order chi connectivity index (χ1) is 17.8. The van der Waals surface area contributed by atoms with Gasteiger partial charge in [-0.3, -0.25) is 19.4 Å². The van der Waals surface area contributed by atoms with Gasteiger partial charge in [0.25, 0.3) is 6.43 Å². The zero-order valence-corrected chi connectivity index (χ0v) is 20.5. The third-order valence-corrected chi connectivity index (χ3v) is 8.36. The normalized spacial score (nSPS) is 24.6. The van der Waals surface area contributed by atoms with Crippen LogP contribution in [0.1, 0.15) is 55.2 Å². The molecule has 4 aliphatic rings. The SMILES string of the molecule is O=C1CCc2cc(OCCN3CCC4(CC3)C(=O)Nc3ccc(C(F)F)cc34)cnc2N1C1CC(O)C1. The van der Waals surface area contributed by atoms with Crippen LogP contribution >= 0.6 is 0 Å². The van der Waals surface area contributed by atoms with E-state index in [0.717, 1.165) is 5.56 Å². The van der Waals surface area contributed by atoms with Crippen LogP contribution in [0.25, 0.3) is 0 Å². The van der Waals surface area contributed by atoms with Crippen LogP contribution in [-0.2, 0) is 21.4 Å². The predicted octanol–water partition coefficient (Wildman–Crippen LogP) is 3.19. The van der Waals surface area contributed by atoms with Crippen LogP contribution < -0.4 is 15.0 Å². The number of rotatable bonds is 6. The van der Waals surface area contributed by atoms with Crippen molar-refractivity contribution in [3.05, 3.63) is 47.2 Å². The highest BCUT2D eigenvalue weighted by Gasteiger charge is 2.48. The summed E-state index contributed by atoms with van der Waals surface area (Å²) in [5.41, 5.74) is 1.50. The number of fused-ring (bicyclic) bond motifs is 3. The molecule has 2 aromatic rings. The third-order valence-electron chi connectivity index (χ3n) is 8.36. The van der Waals surface area contributed by atoms with Crippen LogP contribution in [0.4, 0.5) is 20.3 Å². The molecule has 1 aliphatic carbocycles. The largest absolute Gasteiger partial charge is 0.491 e. The number of aliphatic hydroxyl groups is 1. The Morgan fingerprint density at radius 1 is 1.16 bits per heavy atom. The van der Waals surface area contributed by atoms with Crippen molar-refractivity contribution in [1.82, 2.24) is 9.88 Å². The molecule has 2 N–H and O–H groups in total. The van der Waals surface area contributed by atoms with E-state index in [9.17, 15) is 23.5 Å². The molecule has 3 aliphatic heterocycles. The number of aliphatic hydroxyl groups excluding tert-OH is 1. The van der Waals surface area contributed by atoms with Gasteiger partial charge < -0.3 is 15.2 Å². The van der Waals surface area contributed by atoms with Gasteiger partial charge in [-0.15, -0.1) is 0 Å². The number of anilines is 2.